The standard InChI is InChI=1S/C41H55ClN4O9/c1-39(2,3)33(35(50)46-23-27(47)20-31(46)36(51)52-8)44-32(48)24-53-18-10-9-11-19-54-28-15-12-25(13-16-28)34(49)45-37-40(4,5)38(41(37,6)7)55-29-17-14-26(22-43)30(42)21-29/h12-17,21,27,31,33,37-38,47H,9-11,18-20,23-24H2,1-8H3,(H,44,48)(H,45,49)/t27-,31+,33-,37?,38?/m1/s1. The van der Waals surface area contributed by atoms with Gasteiger partial charge in [0, 0.05) is 48.1 Å². The predicted molar refractivity (Wildman–Crippen MR) is 206 cm³/mol. The van der Waals surface area contributed by atoms with Crippen LogP contribution in [0.3, 0.4) is 0 Å². The van der Waals surface area contributed by atoms with Crippen molar-refractivity contribution < 1.29 is 43.2 Å². The van der Waals surface area contributed by atoms with E-state index < -0.39 is 41.4 Å². The van der Waals surface area contributed by atoms with E-state index in [9.17, 15) is 24.3 Å². The summed E-state index contributed by atoms with van der Waals surface area (Å²) in [6, 6.07) is 12.1. The topological polar surface area (TPSA) is 177 Å². The molecule has 1 saturated carbocycles. The Hall–Kier alpha value is -4.38. The van der Waals surface area contributed by atoms with Gasteiger partial charge in [0.2, 0.25) is 11.8 Å². The fraction of sp³-hybridized carbons (Fsp3) is 0.585. The largest absolute Gasteiger partial charge is 0.494 e. The molecule has 1 aliphatic carbocycles. The molecule has 0 bridgehead atoms. The Morgan fingerprint density at radius 1 is 1.00 bits per heavy atom. The van der Waals surface area contributed by atoms with E-state index >= 15 is 0 Å². The van der Waals surface area contributed by atoms with Crippen molar-refractivity contribution in [1.29, 1.82) is 5.26 Å². The lowest BCUT2D eigenvalue weighted by atomic mass is 9.49. The minimum Gasteiger partial charge on any atom is -0.494 e. The maximum Gasteiger partial charge on any atom is 0.328 e. The molecule has 2 aromatic rings. The number of amides is 3. The zero-order valence-corrected chi connectivity index (χ0v) is 33.8. The average molecular weight is 783 g/mol. The van der Waals surface area contributed by atoms with Gasteiger partial charge in [-0.3, -0.25) is 14.4 Å². The first-order valence-corrected chi connectivity index (χ1v) is 19.0. The number of β-amino-alcohol motifs (C(OH)–C–C–N with tert-alkyl or cyclic N) is 1. The lowest BCUT2D eigenvalue weighted by molar-refractivity contribution is -0.164. The zero-order valence-electron chi connectivity index (χ0n) is 33.1. The van der Waals surface area contributed by atoms with Gasteiger partial charge in [-0.1, -0.05) is 60.1 Å². The number of nitrogens with one attached hydrogen (secondary N) is 2. The summed E-state index contributed by atoms with van der Waals surface area (Å²) in [7, 11) is 1.23. The van der Waals surface area contributed by atoms with E-state index in [1.54, 1.807) is 42.5 Å². The van der Waals surface area contributed by atoms with Crippen LogP contribution in [0.5, 0.6) is 11.5 Å². The molecule has 2 aromatic carbocycles. The lowest BCUT2D eigenvalue weighted by Crippen LogP contribution is -2.74. The average Bonchev–Trinajstić information content (AvgIpc) is 3.53. The van der Waals surface area contributed by atoms with E-state index in [0.29, 0.717) is 47.3 Å². The number of esters is 1. The summed E-state index contributed by atoms with van der Waals surface area (Å²) in [4.78, 5) is 52.9. The van der Waals surface area contributed by atoms with Gasteiger partial charge in [-0.25, -0.2) is 4.79 Å². The van der Waals surface area contributed by atoms with Crippen molar-refractivity contribution in [3.63, 3.8) is 0 Å². The molecule has 1 saturated heterocycles. The van der Waals surface area contributed by atoms with Gasteiger partial charge in [0.25, 0.3) is 5.91 Å². The first kappa shape index (κ1) is 43.3. The zero-order chi connectivity index (χ0) is 40.7. The first-order chi connectivity index (χ1) is 25.8. The number of methoxy groups -OCH3 is 1. The van der Waals surface area contributed by atoms with Crippen LogP contribution >= 0.6 is 11.6 Å². The number of aliphatic hydroxyl groups is 1. The molecule has 1 aliphatic heterocycles. The van der Waals surface area contributed by atoms with E-state index in [1.807, 2.05) is 26.8 Å². The Balaban J connectivity index is 1.14. The molecule has 0 aromatic heterocycles. The number of benzene rings is 2. The highest BCUT2D eigenvalue weighted by Crippen LogP contribution is 2.55. The molecule has 0 unspecified atom stereocenters. The van der Waals surface area contributed by atoms with E-state index in [1.165, 1.54) is 12.0 Å². The van der Waals surface area contributed by atoms with Gasteiger partial charge < -0.3 is 39.6 Å². The van der Waals surface area contributed by atoms with Gasteiger partial charge >= 0.3 is 5.97 Å². The van der Waals surface area contributed by atoms with Crippen LogP contribution in [-0.4, -0.2) is 97.5 Å². The van der Waals surface area contributed by atoms with E-state index in [-0.39, 0.29) is 48.5 Å². The smallest absolute Gasteiger partial charge is 0.328 e. The van der Waals surface area contributed by atoms with Crippen LogP contribution in [0.15, 0.2) is 42.5 Å². The van der Waals surface area contributed by atoms with Gasteiger partial charge in [0.15, 0.2) is 0 Å². The number of rotatable bonds is 16. The third-order valence-corrected chi connectivity index (χ3v) is 10.7. The minimum absolute atomic E-state index is 0.0142. The summed E-state index contributed by atoms with van der Waals surface area (Å²) in [5, 5.41) is 25.6. The Morgan fingerprint density at radius 3 is 2.24 bits per heavy atom. The fourth-order valence-corrected chi connectivity index (χ4v) is 8.00. The number of ether oxygens (including phenoxy) is 4. The first-order valence-electron chi connectivity index (χ1n) is 18.6. The van der Waals surface area contributed by atoms with Crippen molar-refractivity contribution in [3.05, 3.63) is 58.6 Å². The molecule has 14 heteroatoms. The van der Waals surface area contributed by atoms with Gasteiger partial charge in [-0.05, 0) is 61.1 Å². The van der Waals surface area contributed by atoms with E-state index in [2.05, 4.69) is 38.3 Å². The second-order valence-corrected chi connectivity index (χ2v) is 17.0. The van der Waals surface area contributed by atoms with Crippen LogP contribution < -0.4 is 20.1 Å². The molecule has 0 spiro atoms. The molecular weight excluding hydrogens is 728 g/mol. The van der Waals surface area contributed by atoms with Gasteiger partial charge in [0.05, 0.1) is 30.4 Å². The molecule has 13 nitrogen and oxygen atoms in total. The Kier molecular flexibility index (Phi) is 14.2. The summed E-state index contributed by atoms with van der Waals surface area (Å²) in [5.41, 5.74) is -0.529. The Morgan fingerprint density at radius 2 is 1.64 bits per heavy atom. The molecule has 3 atom stereocenters. The van der Waals surface area contributed by atoms with Crippen LogP contribution in [0.1, 0.15) is 90.1 Å². The highest BCUT2D eigenvalue weighted by Gasteiger charge is 2.64. The quantitative estimate of drug-likeness (QED) is 0.154. The highest BCUT2D eigenvalue weighted by atomic mass is 35.5. The Bertz CT molecular complexity index is 1720. The van der Waals surface area contributed by atoms with Crippen molar-refractivity contribution >= 4 is 35.3 Å². The SMILES string of the molecule is COC(=O)[C@@H]1C[C@@H](O)CN1C(=O)[C@@H](NC(=O)COCCCCCOc1ccc(C(=O)NC2C(C)(C)C(Oc3ccc(C#N)c(Cl)c3)C2(C)C)cc1)C(C)(C)C. The van der Waals surface area contributed by atoms with Crippen molar-refractivity contribution in [2.45, 2.75) is 104 Å². The van der Waals surface area contributed by atoms with E-state index in [4.69, 9.17) is 35.8 Å². The maximum absolute atomic E-state index is 13.4. The third-order valence-electron chi connectivity index (χ3n) is 10.4. The summed E-state index contributed by atoms with van der Waals surface area (Å²) in [6.07, 6.45) is 1.28. The monoisotopic (exact) mass is 782 g/mol. The summed E-state index contributed by atoms with van der Waals surface area (Å²) < 4.78 is 22.6. The van der Waals surface area contributed by atoms with Crippen LogP contribution in [0, 0.1) is 27.6 Å². The molecule has 3 amide bonds. The van der Waals surface area contributed by atoms with Crippen LogP contribution in [0.25, 0.3) is 0 Å². The number of nitriles is 1. The van der Waals surface area contributed by atoms with Crippen molar-refractivity contribution in [2.24, 2.45) is 16.2 Å². The van der Waals surface area contributed by atoms with Crippen LogP contribution in [0.4, 0.5) is 0 Å². The maximum atomic E-state index is 13.4. The van der Waals surface area contributed by atoms with Crippen molar-refractivity contribution in [1.82, 2.24) is 15.5 Å². The van der Waals surface area contributed by atoms with Gasteiger partial charge in [0.1, 0.15) is 42.4 Å². The number of carbonyl (C=O) groups excluding carboxylic acids is 4. The number of hydrogen-bond acceptors (Lipinski definition) is 10. The van der Waals surface area contributed by atoms with Gasteiger partial charge in [-0.15, -0.1) is 0 Å². The number of hydrogen-bond donors (Lipinski definition) is 3. The normalized spacial score (nSPS) is 21.7. The van der Waals surface area contributed by atoms with Crippen LogP contribution in [-0.2, 0) is 23.9 Å². The highest BCUT2D eigenvalue weighted by molar-refractivity contribution is 6.31. The second-order valence-electron chi connectivity index (χ2n) is 16.6. The second kappa shape index (κ2) is 18.0. The molecule has 0 radical (unpaired) electrons. The molecule has 300 valence electrons. The number of likely N-dealkylation sites (tertiary alicyclic amines) is 1. The number of carbonyl (C=O) groups is 4. The summed E-state index contributed by atoms with van der Waals surface area (Å²) in [5.74, 6) is -0.487. The molecule has 3 N–H and O–H groups in total. The summed E-state index contributed by atoms with van der Waals surface area (Å²) >= 11 is 6.21. The predicted octanol–water partition coefficient (Wildman–Crippen LogP) is 5.06. The Labute approximate surface area is 329 Å². The van der Waals surface area contributed by atoms with E-state index in [0.717, 1.165) is 12.8 Å². The van der Waals surface area contributed by atoms with Crippen molar-refractivity contribution in [3.8, 4) is 17.6 Å². The number of halogens is 1. The van der Waals surface area contributed by atoms with Gasteiger partial charge in [-0.2, -0.15) is 5.26 Å². The molecule has 4 rings (SSSR count). The number of aliphatic hydroxyl groups excluding tert-OH is 1. The van der Waals surface area contributed by atoms with Crippen molar-refractivity contribution in [2.75, 3.05) is 33.5 Å². The molecule has 2 fully saturated rings. The fourth-order valence-electron chi connectivity index (χ4n) is 7.78. The summed E-state index contributed by atoms with van der Waals surface area (Å²) in [6.45, 7) is 14.2. The lowest BCUT2D eigenvalue weighted by Gasteiger charge is -2.63. The minimum atomic E-state index is -0.931. The molecular formula is C41H55ClN4O9. The molecule has 1 heterocycles. The molecule has 55 heavy (non-hydrogen) atoms. The third kappa shape index (κ3) is 10.5. The number of nitrogens with zero attached hydrogens (tertiary/aromatic N) is 2. The number of unbranched alkanes of at least 4 members (excludes halogenated alkanes) is 2. The molecule has 2 aliphatic rings. The van der Waals surface area contributed by atoms with Crippen LogP contribution in [0.2, 0.25) is 5.02 Å².